The number of carbonyl (C=O) groups excluding carboxylic acids is 2. The van der Waals surface area contributed by atoms with Crippen LogP contribution in [0.1, 0.15) is 11.1 Å². The van der Waals surface area contributed by atoms with Crippen LogP contribution in [0.3, 0.4) is 0 Å². The molecule has 0 aliphatic carbocycles. The number of alkyl halides is 3. The normalized spacial score (nSPS) is 10.5. The summed E-state index contributed by atoms with van der Waals surface area (Å²) in [7, 11) is 0. The van der Waals surface area contributed by atoms with Gasteiger partial charge in [0.25, 0.3) is 5.91 Å². The third-order valence-corrected chi connectivity index (χ3v) is 3.15. The monoisotopic (exact) mass is 346 g/mol. The van der Waals surface area contributed by atoms with E-state index in [1.807, 2.05) is 0 Å². The quantitative estimate of drug-likeness (QED) is 0.838. The van der Waals surface area contributed by atoms with Crippen molar-refractivity contribution < 1.29 is 22.8 Å². The first-order valence-corrected chi connectivity index (χ1v) is 7.12. The molecule has 128 valence electrons. The van der Waals surface area contributed by atoms with E-state index in [-0.39, 0.29) is 11.1 Å². The number of primary amides is 1. The number of carbonyl (C=O) groups is 2. The third-order valence-electron chi connectivity index (χ3n) is 3.15. The minimum absolute atomic E-state index is 0.0248. The molecule has 3 N–H and O–H groups in total. The Kier molecular flexibility index (Phi) is 5.45. The molecule has 0 heterocycles. The summed E-state index contributed by atoms with van der Waals surface area (Å²) in [4.78, 5) is 21.9. The van der Waals surface area contributed by atoms with E-state index in [4.69, 9.17) is 5.73 Å². The fourth-order valence-electron chi connectivity index (χ4n) is 2.07. The second kappa shape index (κ2) is 7.53. The van der Waals surface area contributed by atoms with Crippen LogP contribution in [0.4, 0.5) is 13.2 Å². The van der Waals surface area contributed by atoms with Crippen molar-refractivity contribution in [1.29, 1.82) is 0 Å². The summed E-state index contributed by atoms with van der Waals surface area (Å²) >= 11 is 0. The van der Waals surface area contributed by atoms with Crippen molar-refractivity contribution in [2.45, 2.75) is 6.18 Å². The molecule has 0 unspecified atom stereocenters. The van der Waals surface area contributed by atoms with Crippen molar-refractivity contribution in [2.24, 2.45) is 5.73 Å². The molecule has 0 radical (unpaired) electrons. The van der Waals surface area contributed by atoms with Gasteiger partial charge >= 0.3 is 6.18 Å². The largest absolute Gasteiger partial charge is 0.417 e. The van der Waals surface area contributed by atoms with Crippen molar-refractivity contribution in [3.63, 3.8) is 0 Å². The van der Waals surface area contributed by atoms with E-state index in [1.54, 1.807) is 30.3 Å². The van der Waals surface area contributed by atoms with Gasteiger partial charge in [-0.25, -0.2) is 0 Å². The van der Waals surface area contributed by atoms with E-state index in [1.165, 1.54) is 12.1 Å². The highest BCUT2D eigenvalue weighted by atomic mass is 19.4. The van der Waals surface area contributed by atoms with Gasteiger partial charge in [-0.3, -0.25) is 9.59 Å². The highest BCUT2D eigenvalue weighted by molar-refractivity contribution is 5.96. The van der Waals surface area contributed by atoms with Crippen LogP contribution in [0.2, 0.25) is 0 Å². The maximum Gasteiger partial charge on any atom is 0.417 e. The number of nitrogens with two attached hydrogens (primary N) is 1. The molecule has 0 aromatic heterocycles. The zero-order valence-corrected chi connectivity index (χ0v) is 12.9. The number of rotatable bonds is 3. The lowest BCUT2D eigenvalue weighted by atomic mass is 9.97. The van der Waals surface area contributed by atoms with Gasteiger partial charge in [0.05, 0.1) is 12.1 Å². The summed E-state index contributed by atoms with van der Waals surface area (Å²) in [5, 5.41) is 2.13. The molecular weight excluding hydrogens is 333 g/mol. The van der Waals surface area contributed by atoms with Gasteiger partial charge < -0.3 is 11.1 Å². The number of halogens is 3. The standard InChI is InChI=1S/C18H13F3N2O2/c19-18(20,21)15-10-12(7-9-17(25)23-11-16(22)24)6-8-14(15)13-4-2-1-3-5-13/h1-6,8,10H,11H2,(H2,22,24)(H,23,25). The zero-order chi connectivity index (χ0) is 18.4. The molecule has 0 saturated heterocycles. The maximum atomic E-state index is 13.3. The Balaban J connectivity index is 2.35. The Labute approximate surface area is 141 Å². The molecule has 0 spiro atoms. The second-order valence-electron chi connectivity index (χ2n) is 5.02. The third kappa shape index (κ3) is 5.11. The molecule has 0 fully saturated rings. The maximum absolute atomic E-state index is 13.3. The van der Waals surface area contributed by atoms with E-state index in [0.717, 1.165) is 6.07 Å². The average Bonchev–Trinajstić information content (AvgIpc) is 2.58. The summed E-state index contributed by atoms with van der Waals surface area (Å²) in [5.41, 5.74) is 4.49. The minimum atomic E-state index is -4.57. The van der Waals surface area contributed by atoms with Crippen molar-refractivity contribution >= 4 is 11.8 Å². The van der Waals surface area contributed by atoms with Crippen LogP contribution in [0.15, 0.2) is 48.5 Å². The highest BCUT2D eigenvalue weighted by Gasteiger charge is 2.33. The Morgan fingerprint density at radius 1 is 1.08 bits per heavy atom. The number of amides is 2. The number of hydrogen-bond acceptors (Lipinski definition) is 2. The molecule has 0 aliphatic rings. The molecule has 7 heteroatoms. The lowest BCUT2D eigenvalue weighted by Gasteiger charge is -2.13. The van der Waals surface area contributed by atoms with Gasteiger partial charge in [0.2, 0.25) is 5.91 Å². The minimum Gasteiger partial charge on any atom is -0.368 e. The predicted molar refractivity (Wildman–Crippen MR) is 86.0 cm³/mol. The first-order chi connectivity index (χ1) is 11.8. The number of benzene rings is 2. The summed E-state index contributed by atoms with van der Waals surface area (Å²) in [6.07, 6.45) is -4.57. The molecule has 2 aromatic rings. The topological polar surface area (TPSA) is 72.2 Å². The van der Waals surface area contributed by atoms with Gasteiger partial charge in [0.15, 0.2) is 0 Å². The Hall–Kier alpha value is -3.27. The fourth-order valence-corrected chi connectivity index (χ4v) is 2.07. The van der Waals surface area contributed by atoms with Gasteiger partial charge in [-0.05, 0) is 23.3 Å². The van der Waals surface area contributed by atoms with Crippen molar-refractivity contribution in [3.05, 3.63) is 59.7 Å². The first-order valence-electron chi connectivity index (χ1n) is 7.12. The average molecular weight is 346 g/mol. The van der Waals surface area contributed by atoms with Crippen LogP contribution in [-0.2, 0) is 15.8 Å². The highest BCUT2D eigenvalue weighted by Crippen LogP contribution is 2.37. The lowest BCUT2D eigenvalue weighted by Crippen LogP contribution is -2.32. The van der Waals surface area contributed by atoms with Crippen molar-refractivity contribution in [3.8, 4) is 23.0 Å². The molecule has 25 heavy (non-hydrogen) atoms. The van der Waals surface area contributed by atoms with Gasteiger partial charge in [0.1, 0.15) is 0 Å². The molecule has 2 aromatic carbocycles. The predicted octanol–water partition coefficient (Wildman–Crippen LogP) is 2.33. The Morgan fingerprint density at radius 3 is 2.36 bits per heavy atom. The number of hydrogen-bond donors (Lipinski definition) is 2. The van der Waals surface area contributed by atoms with Crippen molar-refractivity contribution in [2.75, 3.05) is 6.54 Å². The van der Waals surface area contributed by atoms with Crippen LogP contribution < -0.4 is 11.1 Å². The fraction of sp³-hybridized carbons (Fsp3) is 0.111. The molecular formula is C18H13F3N2O2. The van der Waals surface area contributed by atoms with Gasteiger partial charge in [-0.1, -0.05) is 42.3 Å². The summed E-state index contributed by atoms with van der Waals surface area (Å²) in [6, 6.07) is 11.7. The van der Waals surface area contributed by atoms with E-state index in [0.29, 0.717) is 5.56 Å². The summed E-state index contributed by atoms with van der Waals surface area (Å²) in [5.74, 6) is 2.91. The van der Waals surface area contributed by atoms with Gasteiger partial charge in [0, 0.05) is 11.5 Å². The van der Waals surface area contributed by atoms with E-state index >= 15 is 0 Å². The zero-order valence-electron chi connectivity index (χ0n) is 12.9. The van der Waals surface area contributed by atoms with E-state index in [9.17, 15) is 22.8 Å². The van der Waals surface area contributed by atoms with Crippen LogP contribution in [0.5, 0.6) is 0 Å². The number of nitrogens with one attached hydrogen (secondary N) is 1. The lowest BCUT2D eigenvalue weighted by molar-refractivity contribution is -0.137. The van der Waals surface area contributed by atoms with Crippen LogP contribution >= 0.6 is 0 Å². The summed E-state index contributed by atoms with van der Waals surface area (Å²) in [6.45, 7) is -0.395. The Morgan fingerprint density at radius 2 is 1.76 bits per heavy atom. The van der Waals surface area contributed by atoms with E-state index < -0.39 is 30.1 Å². The van der Waals surface area contributed by atoms with Crippen LogP contribution in [0.25, 0.3) is 11.1 Å². The molecule has 0 aliphatic heterocycles. The summed E-state index contributed by atoms with van der Waals surface area (Å²) < 4.78 is 40.0. The SMILES string of the molecule is NC(=O)CNC(=O)C#Cc1ccc(-c2ccccc2)c(C(F)(F)F)c1. The molecule has 2 rings (SSSR count). The Bertz CT molecular complexity index is 850. The smallest absolute Gasteiger partial charge is 0.368 e. The molecule has 0 saturated carbocycles. The second-order valence-corrected chi connectivity index (χ2v) is 5.02. The molecule has 4 nitrogen and oxygen atoms in total. The van der Waals surface area contributed by atoms with Crippen LogP contribution in [0, 0.1) is 11.8 Å². The van der Waals surface area contributed by atoms with Gasteiger partial charge in [-0.15, -0.1) is 0 Å². The molecule has 0 atom stereocenters. The first kappa shape index (κ1) is 18.1. The van der Waals surface area contributed by atoms with Gasteiger partial charge in [-0.2, -0.15) is 13.2 Å². The van der Waals surface area contributed by atoms with Crippen LogP contribution in [-0.4, -0.2) is 18.4 Å². The molecule has 2 amide bonds. The van der Waals surface area contributed by atoms with E-state index in [2.05, 4.69) is 17.2 Å². The van der Waals surface area contributed by atoms with Crippen molar-refractivity contribution in [1.82, 2.24) is 5.32 Å². The molecule has 0 bridgehead atoms.